The molecule has 0 bridgehead atoms. The number of nitrogens with one attached hydrogen (secondary N) is 1. The van der Waals surface area contributed by atoms with Crippen molar-refractivity contribution in [1.29, 1.82) is 0 Å². The van der Waals surface area contributed by atoms with Crippen molar-refractivity contribution in [3.05, 3.63) is 0 Å². The van der Waals surface area contributed by atoms with E-state index in [4.69, 9.17) is 5.73 Å². The molecule has 0 aliphatic rings. The first-order valence-corrected chi connectivity index (χ1v) is 7.13. The summed E-state index contributed by atoms with van der Waals surface area (Å²) in [5.74, 6) is -0.373. The Kier molecular flexibility index (Phi) is 4.94. The number of amides is 1. The van der Waals surface area contributed by atoms with Crippen LogP contribution in [0.2, 0.25) is 0 Å². The SMILES string of the molecule is CC(CN)C(C)NC(=O)C(C)(C)S(C)(=O)=O. The monoisotopic (exact) mass is 250 g/mol. The summed E-state index contributed by atoms with van der Waals surface area (Å²) in [6.45, 7) is 6.96. The summed E-state index contributed by atoms with van der Waals surface area (Å²) < 4.78 is 21.5. The van der Waals surface area contributed by atoms with Gasteiger partial charge in [-0.2, -0.15) is 0 Å². The molecule has 96 valence electrons. The van der Waals surface area contributed by atoms with Crippen LogP contribution in [0.15, 0.2) is 0 Å². The van der Waals surface area contributed by atoms with Crippen LogP contribution in [0.1, 0.15) is 27.7 Å². The zero-order valence-corrected chi connectivity index (χ0v) is 11.4. The van der Waals surface area contributed by atoms with Gasteiger partial charge in [-0.1, -0.05) is 6.92 Å². The number of hydrogen-bond acceptors (Lipinski definition) is 4. The molecule has 2 unspecified atom stereocenters. The Bertz CT molecular complexity index is 349. The summed E-state index contributed by atoms with van der Waals surface area (Å²) in [6.07, 6.45) is 1.06. The molecule has 0 spiro atoms. The Hall–Kier alpha value is -0.620. The number of nitrogens with two attached hydrogens (primary N) is 1. The second-order valence-corrected chi connectivity index (χ2v) is 7.32. The fourth-order valence-corrected chi connectivity index (χ4v) is 1.29. The van der Waals surface area contributed by atoms with E-state index in [1.807, 2.05) is 13.8 Å². The first kappa shape index (κ1) is 15.4. The molecule has 0 fully saturated rings. The standard InChI is InChI=1S/C10H22N2O3S/c1-7(6-11)8(2)12-9(13)10(3,4)16(5,14)15/h7-8H,6,11H2,1-5H3,(H,12,13). The Balaban J connectivity index is 4.73. The lowest BCUT2D eigenvalue weighted by Crippen LogP contribution is -2.52. The Morgan fingerprint density at radius 3 is 2.12 bits per heavy atom. The molecule has 1 amide bonds. The van der Waals surface area contributed by atoms with E-state index in [0.717, 1.165) is 6.26 Å². The second-order valence-electron chi connectivity index (χ2n) is 4.76. The molecule has 5 nitrogen and oxygen atoms in total. The predicted octanol–water partition coefficient (Wildman–Crippen LogP) is -0.0909. The van der Waals surface area contributed by atoms with Crippen LogP contribution in [0.5, 0.6) is 0 Å². The molecule has 6 heteroatoms. The highest BCUT2D eigenvalue weighted by Gasteiger charge is 2.39. The van der Waals surface area contributed by atoms with Gasteiger partial charge in [0.25, 0.3) is 0 Å². The Morgan fingerprint density at radius 2 is 1.81 bits per heavy atom. The number of carbonyl (C=O) groups is 1. The van der Waals surface area contributed by atoms with Crippen LogP contribution in [0.3, 0.4) is 0 Å². The maximum atomic E-state index is 11.8. The minimum atomic E-state index is -3.42. The van der Waals surface area contributed by atoms with Crippen molar-refractivity contribution in [1.82, 2.24) is 5.32 Å². The summed E-state index contributed by atoms with van der Waals surface area (Å²) >= 11 is 0. The van der Waals surface area contributed by atoms with Crippen molar-refractivity contribution in [3.8, 4) is 0 Å². The molecule has 3 N–H and O–H groups in total. The number of sulfone groups is 1. The lowest BCUT2D eigenvalue weighted by atomic mass is 10.0. The number of rotatable bonds is 5. The van der Waals surface area contributed by atoms with E-state index in [0.29, 0.717) is 6.54 Å². The quantitative estimate of drug-likeness (QED) is 0.713. The maximum absolute atomic E-state index is 11.8. The smallest absolute Gasteiger partial charge is 0.241 e. The highest BCUT2D eigenvalue weighted by atomic mass is 32.2. The highest BCUT2D eigenvalue weighted by molar-refractivity contribution is 7.92. The summed E-state index contributed by atoms with van der Waals surface area (Å²) in [6, 6.07) is -0.140. The highest BCUT2D eigenvalue weighted by Crippen LogP contribution is 2.16. The van der Waals surface area contributed by atoms with Crippen LogP contribution in [0, 0.1) is 5.92 Å². The fourth-order valence-electron chi connectivity index (χ4n) is 0.895. The van der Waals surface area contributed by atoms with E-state index in [9.17, 15) is 13.2 Å². The zero-order valence-electron chi connectivity index (χ0n) is 10.6. The summed E-state index contributed by atoms with van der Waals surface area (Å²) in [5.41, 5.74) is 5.47. The van der Waals surface area contributed by atoms with Crippen LogP contribution in [-0.4, -0.2) is 37.9 Å². The first-order chi connectivity index (χ1) is 7.04. The van der Waals surface area contributed by atoms with E-state index in [1.54, 1.807) is 0 Å². The molecule has 0 heterocycles. The van der Waals surface area contributed by atoms with Gasteiger partial charge in [0, 0.05) is 12.3 Å². The van der Waals surface area contributed by atoms with Crippen molar-refractivity contribution in [2.45, 2.75) is 38.5 Å². The molecule has 0 aliphatic heterocycles. The van der Waals surface area contributed by atoms with Crippen LogP contribution in [-0.2, 0) is 14.6 Å². The topological polar surface area (TPSA) is 89.3 Å². The molecule has 0 rings (SSSR count). The van der Waals surface area contributed by atoms with Crippen LogP contribution in [0.25, 0.3) is 0 Å². The van der Waals surface area contributed by atoms with Gasteiger partial charge in [-0.25, -0.2) is 8.42 Å². The average Bonchev–Trinajstić information content (AvgIpc) is 2.14. The van der Waals surface area contributed by atoms with Crippen molar-refractivity contribution < 1.29 is 13.2 Å². The van der Waals surface area contributed by atoms with E-state index in [2.05, 4.69) is 5.32 Å². The van der Waals surface area contributed by atoms with Gasteiger partial charge in [-0.15, -0.1) is 0 Å². The van der Waals surface area contributed by atoms with Gasteiger partial charge in [0.2, 0.25) is 5.91 Å². The van der Waals surface area contributed by atoms with Crippen LogP contribution >= 0.6 is 0 Å². The lowest BCUT2D eigenvalue weighted by molar-refractivity contribution is -0.123. The van der Waals surface area contributed by atoms with E-state index < -0.39 is 20.5 Å². The van der Waals surface area contributed by atoms with Gasteiger partial charge < -0.3 is 11.1 Å². The number of hydrogen-bond donors (Lipinski definition) is 2. The summed E-state index contributed by atoms with van der Waals surface area (Å²) in [4.78, 5) is 11.8. The third-order valence-corrected chi connectivity index (χ3v) is 5.10. The third kappa shape index (κ3) is 3.45. The Morgan fingerprint density at radius 1 is 1.38 bits per heavy atom. The van der Waals surface area contributed by atoms with Gasteiger partial charge in [-0.3, -0.25) is 4.79 Å². The van der Waals surface area contributed by atoms with Crippen molar-refractivity contribution in [2.75, 3.05) is 12.8 Å². The van der Waals surface area contributed by atoms with Crippen molar-refractivity contribution >= 4 is 15.7 Å². The summed E-state index contributed by atoms with van der Waals surface area (Å²) in [7, 11) is -3.42. The molecular formula is C10H22N2O3S. The molecule has 0 aromatic carbocycles. The Labute approximate surface area is 97.7 Å². The minimum Gasteiger partial charge on any atom is -0.352 e. The normalized spacial score (nSPS) is 16.6. The molecule has 0 radical (unpaired) electrons. The second kappa shape index (κ2) is 5.14. The van der Waals surface area contributed by atoms with E-state index >= 15 is 0 Å². The summed E-state index contributed by atoms with van der Waals surface area (Å²) in [5, 5.41) is 2.68. The van der Waals surface area contributed by atoms with Gasteiger partial charge in [0.15, 0.2) is 9.84 Å². The first-order valence-electron chi connectivity index (χ1n) is 5.24. The molecule has 0 aliphatic carbocycles. The maximum Gasteiger partial charge on any atom is 0.241 e. The van der Waals surface area contributed by atoms with E-state index in [1.165, 1.54) is 13.8 Å². The fraction of sp³-hybridized carbons (Fsp3) is 0.900. The van der Waals surface area contributed by atoms with Crippen molar-refractivity contribution in [3.63, 3.8) is 0 Å². The molecule has 2 atom stereocenters. The van der Waals surface area contributed by atoms with Crippen LogP contribution in [0.4, 0.5) is 0 Å². The van der Waals surface area contributed by atoms with Gasteiger partial charge in [0.05, 0.1) is 0 Å². The van der Waals surface area contributed by atoms with Crippen molar-refractivity contribution in [2.24, 2.45) is 11.7 Å². The van der Waals surface area contributed by atoms with Gasteiger partial charge in [0.1, 0.15) is 4.75 Å². The molecule has 0 aromatic rings. The molecule has 16 heavy (non-hydrogen) atoms. The van der Waals surface area contributed by atoms with Crippen LogP contribution < -0.4 is 11.1 Å². The van der Waals surface area contributed by atoms with E-state index in [-0.39, 0.29) is 12.0 Å². The average molecular weight is 250 g/mol. The predicted molar refractivity (Wildman–Crippen MR) is 64.7 cm³/mol. The molecule has 0 aromatic heterocycles. The molecule has 0 saturated carbocycles. The molecular weight excluding hydrogens is 228 g/mol. The molecule has 0 saturated heterocycles. The number of carbonyl (C=O) groups excluding carboxylic acids is 1. The largest absolute Gasteiger partial charge is 0.352 e. The zero-order chi connectivity index (χ0) is 13.1. The van der Waals surface area contributed by atoms with Gasteiger partial charge >= 0.3 is 0 Å². The lowest BCUT2D eigenvalue weighted by Gasteiger charge is -2.26. The minimum absolute atomic E-state index is 0.110. The third-order valence-electron chi connectivity index (χ3n) is 3.06. The van der Waals surface area contributed by atoms with Gasteiger partial charge in [-0.05, 0) is 33.2 Å².